The van der Waals surface area contributed by atoms with Gasteiger partial charge in [0.05, 0.1) is 0 Å². The van der Waals surface area contributed by atoms with Gasteiger partial charge in [-0.1, -0.05) is 30.4 Å². The average molecular weight is 268 g/mol. The van der Waals surface area contributed by atoms with Crippen LogP contribution in [-0.4, -0.2) is 5.78 Å². The van der Waals surface area contributed by atoms with Crippen LogP contribution in [0.1, 0.15) is 34.0 Å². The Morgan fingerprint density at radius 1 is 1.15 bits per heavy atom. The van der Waals surface area contributed by atoms with Gasteiger partial charge in [-0.2, -0.15) is 0 Å². The standard InChI is InChI=1S/C18H17FO/c1-3-4-6-14-7-5-8-17(13(14)2)18(20)15-9-11-16(19)12-10-15/h3-5,7-12H,6H2,1-2H3. The molecule has 1 nitrogen and oxygen atoms in total. The van der Waals surface area contributed by atoms with Gasteiger partial charge in [0, 0.05) is 11.1 Å². The number of rotatable bonds is 4. The van der Waals surface area contributed by atoms with Crippen molar-refractivity contribution in [3.63, 3.8) is 0 Å². The van der Waals surface area contributed by atoms with E-state index < -0.39 is 0 Å². The lowest BCUT2D eigenvalue weighted by Gasteiger charge is -2.09. The Morgan fingerprint density at radius 3 is 2.50 bits per heavy atom. The van der Waals surface area contributed by atoms with Gasteiger partial charge >= 0.3 is 0 Å². The summed E-state index contributed by atoms with van der Waals surface area (Å²) in [5.74, 6) is -0.398. The van der Waals surface area contributed by atoms with Gasteiger partial charge in [-0.25, -0.2) is 4.39 Å². The number of hydrogen-bond donors (Lipinski definition) is 0. The molecule has 0 aromatic heterocycles. The van der Waals surface area contributed by atoms with Crippen LogP contribution >= 0.6 is 0 Å². The van der Waals surface area contributed by atoms with E-state index in [9.17, 15) is 9.18 Å². The molecule has 2 rings (SSSR count). The van der Waals surface area contributed by atoms with Crippen molar-refractivity contribution in [3.05, 3.63) is 82.7 Å². The first-order chi connectivity index (χ1) is 9.63. The van der Waals surface area contributed by atoms with Gasteiger partial charge in [0.15, 0.2) is 5.78 Å². The highest BCUT2D eigenvalue weighted by atomic mass is 19.1. The van der Waals surface area contributed by atoms with Crippen LogP contribution in [0.3, 0.4) is 0 Å². The number of allylic oxidation sites excluding steroid dienone is 2. The molecule has 0 heterocycles. The minimum absolute atomic E-state index is 0.0650. The van der Waals surface area contributed by atoms with Gasteiger partial charge in [0.1, 0.15) is 5.82 Å². The number of carbonyl (C=O) groups excluding carboxylic acids is 1. The molecule has 0 radical (unpaired) electrons. The van der Waals surface area contributed by atoms with Crippen LogP contribution in [-0.2, 0) is 6.42 Å². The molecule has 0 N–H and O–H groups in total. The van der Waals surface area contributed by atoms with E-state index in [1.54, 1.807) is 0 Å². The molecular weight excluding hydrogens is 251 g/mol. The highest BCUT2D eigenvalue weighted by molar-refractivity contribution is 6.10. The summed E-state index contributed by atoms with van der Waals surface area (Å²) in [5.41, 5.74) is 3.31. The SMILES string of the molecule is CC=CCc1cccc(C(=O)c2ccc(F)cc2)c1C. The fraction of sp³-hybridized carbons (Fsp3) is 0.167. The second-order valence-electron chi connectivity index (χ2n) is 4.70. The Labute approximate surface area is 118 Å². The van der Waals surface area contributed by atoms with Crippen LogP contribution in [0, 0.1) is 12.7 Å². The summed E-state index contributed by atoms with van der Waals surface area (Å²) >= 11 is 0. The van der Waals surface area contributed by atoms with Crippen molar-refractivity contribution in [2.24, 2.45) is 0 Å². The molecule has 2 heteroatoms. The van der Waals surface area contributed by atoms with Crippen LogP contribution in [0.2, 0.25) is 0 Å². The number of hydrogen-bond acceptors (Lipinski definition) is 1. The summed E-state index contributed by atoms with van der Waals surface area (Å²) in [5, 5.41) is 0. The molecule has 102 valence electrons. The van der Waals surface area contributed by atoms with E-state index in [1.165, 1.54) is 24.3 Å². The van der Waals surface area contributed by atoms with Gasteiger partial charge in [0.2, 0.25) is 0 Å². The predicted molar refractivity (Wildman–Crippen MR) is 79.5 cm³/mol. The Bertz CT molecular complexity index is 639. The third-order valence-corrected chi connectivity index (χ3v) is 3.37. The minimum Gasteiger partial charge on any atom is -0.289 e. The van der Waals surface area contributed by atoms with Crippen LogP contribution in [0.25, 0.3) is 0 Å². The lowest BCUT2D eigenvalue weighted by Crippen LogP contribution is -2.05. The molecular formula is C18H17FO. The molecule has 0 aliphatic heterocycles. The van der Waals surface area contributed by atoms with Crippen LogP contribution in [0.5, 0.6) is 0 Å². The molecule has 2 aromatic rings. The van der Waals surface area contributed by atoms with E-state index in [1.807, 2.05) is 38.1 Å². The highest BCUT2D eigenvalue weighted by Gasteiger charge is 2.13. The van der Waals surface area contributed by atoms with Crippen molar-refractivity contribution in [1.29, 1.82) is 0 Å². The van der Waals surface area contributed by atoms with E-state index in [4.69, 9.17) is 0 Å². The van der Waals surface area contributed by atoms with Gasteiger partial charge in [-0.3, -0.25) is 4.79 Å². The third-order valence-electron chi connectivity index (χ3n) is 3.37. The second kappa shape index (κ2) is 6.29. The molecule has 0 fully saturated rings. The maximum Gasteiger partial charge on any atom is 0.193 e. The molecule has 0 atom stereocenters. The zero-order valence-corrected chi connectivity index (χ0v) is 11.7. The molecule has 0 aliphatic carbocycles. The predicted octanol–water partition coefficient (Wildman–Crippen LogP) is 4.48. The van der Waals surface area contributed by atoms with Crippen molar-refractivity contribution in [3.8, 4) is 0 Å². The summed E-state index contributed by atoms with van der Waals surface area (Å²) in [6.07, 6.45) is 4.87. The molecule has 0 spiro atoms. The fourth-order valence-corrected chi connectivity index (χ4v) is 2.15. The largest absolute Gasteiger partial charge is 0.289 e. The molecule has 0 unspecified atom stereocenters. The third kappa shape index (κ3) is 3.02. The Kier molecular flexibility index (Phi) is 4.46. The van der Waals surface area contributed by atoms with Gasteiger partial charge in [-0.05, 0) is 55.7 Å². The van der Waals surface area contributed by atoms with Crippen molar-refractivity contribution in [2.45, 2.75) is 20.3 Å². The van der Waals surface area contributed by atoms with Gasteiger partial charge in [0.25, 0.3) is 0 Å². The molecule has 0 aliphatic rings. The van der Waals surface area contributed by atoms with E-state index in [2.05, 4.69) is 6.08 Å². The van der Waals surface area contributed by atoms with Crippen molar-refractivity contribution in [1.82, 2.24) is 0 Å². The summed E-state index contributed by atoms with van der Waals surface area (Å²) in [7, 11) is 0. The number of halogens is 1. The number of benzene rings is 2. The molecule has 0 saturated carbocycles. The second-order valence-corrected chi connectivity index (χ2v) is 4.70. The molecule has 0 saturated heterocycles. The lowest BCUT2D eigenvalue weighted by atomic mass is 9.94. The van der Waals surface area contributed by atoms with Crippen molar-refractivity contribution in [2.75, 3.05) is 0 Å². The fourth-order valence-electron chi connectivity index (χ4n) is 2.15. The lowest BCUT2D eigenvalue weighted by molar-refractivity contribution is 0.103. The van der Waals surface area contributed by atoms with Crippen molar-refractivity contribution < 1.29 is 9.18 Å². The topological polar surface area (TPSA) is 17.1 Å². The van der Waals surface area contributed by atoms with Crippen molar-refractivity contribution >= 4 is 5.78 Å². The van der Waals surface area contributed by atoms with Crippen LogP contribution in [0.15, 0.2) is 54.6 Å². The van der Waals surface area contributed by atoms with E-state index in [0.29, 0.717) is 11.1 Å². The van der Waals surface area contributed by atoms with Gasteiger partial charge < -0.3 is 0 Å². The van der Waals surface area contributed by atoms with Gasteiger partial charge in [-0.15, -0.1) is 0 Å². The van der Waals surface area contributed by atoms with E-state index in [0.717, 1.165) is 17.5 Å². The number of carbonyl (C=O) groups is 1. The molecule has 20 heavy (non-hydrogen) atoms. The Morgan fingerprint density at radius 2 is 1.85 bits per heavy atom. The summed E-state index contributed by atoms with van der Waals surface area (Å²) in [4.78, 5) is 12.5. The van der Waals surface area contributed by atoms with Crippen LogP contribution < -0.4 is 0 Å². The summed E-state index contributed by atoms with van der Waals surface area (Å²) in [6.45, 7) is 3.93. The molecule has 0 bridgehead atoms. The first-order valence-electron chi connectivity index (χ1n) is 6.63. The maximum atomic E-state index is 12.9. The smallest absolute Gasteiger partial charge is 0.193 e. The zero-order chi connectivity index (χ0) is 14.5. The van der Waals surface area contributed by atoms with Crippen LogP contribution in [0.4, 0.5) is 4.39 Å². The summed E-state index contributed by atoms with van der Waals surface area (Å²) < 4.78 is 12.9. The molecule has 2 aromatic carbocycles. The molecule has 0 amide bonds. The first-order valence-corrected chi connectivity index (χ1v) is 6.63. The minimum atomic E-state index is -0.333. The van der Waals surface area contributed by atoms with E-state index >= 15 is 0 Å². The zero-order valence-electron chi connectivity index (χ0n) is 11.7. The average Bonchev–Trinajstić information content (AvgIpc) is 2.46. The monoisotopic (exact) mass is 268 g/mol. The maximum absolute atomic E-state index is 12.9. The summed E-state index contributed by atoms with van der Waals surface area (Å²) in [6, 6.07) is 11.4. The Hall–Kier alpha value is -2.22. The highest BCUT2D eigenvalue weighted by Crippen LogP contribution is 2.19. The number of ketones is 1. The first kappa shape index (κ1) is 14.2. The quantitative estimate of drug-likeness (QED) is 0.590. The Balaban J connectivity index is 2.37. The van der Waals surface area contributed by atoms with E-state index in [-0.39, 0.29) is 11.6 Å². The normalized spacial score (nSPS) is 10.9.